The van der Waals surface area contributed by atoms with E-state index in [4.69, 9.17) is 23.2 Å². The van der Waals surface area contributed by atoms with Crippen LogP contribution in [0.3, 0.4) is 0 Å². The van der Waals surface area contributed by atoms with Gasteiger partial charge in [0.25, 0.3) is 0 Å². The highest BCUT2D eigenvalue weighted by Crippen LogP contribution is 2.25. The van der Waals surface area contributed by atoms with Crippen LogP contribution in [0.5, 0.6) is 0 Å². The van der Waals surface area contributed by atoms with E-state index in [9.17, 15) is 17.6 Å². The lowest BCUT2D eigenvalue weighted by molar-refractivity contribution is -0.116. The highest BCUT2D eigenvalue weighted by Gasteiger charge is 2.27. The molecule has 1 amide bonds. The van der Waals surface area contributed by atoms with E-state index in [1.54, 1.807) is 24.3 Å². The summed E-state index contributed by atoms with van der Waals surface area (Å²) in [7, 11) is -3.98. The molecular weight excluding hydrogens is 450 g/mol. The molecule has 0 saturated heterocycles. The second kappa shape index (κ2) is 9.57. The summed E-state index contributed by atoms with van der Waals surface area (Å²) in [5.41, 5.74) is 0.923. The van der Waals surface area contributed by atoms with E-state index < -0.39 is 28.3 Å². The first-order valence-corrected chi connectivity index (χ1v) is 11.0. The summed E-state index contributed by atoms with van der Waals surface area (Å²) in [6.45, 7) is -0.554. The number of benzene rings is 3. The first-order chi connectivity index (χ1) is 14.3. The van der Waals surface area contributed by atoms with Crippen LogP contribution >= 0.6 is 23.2 Å². The number of nitrogens with one attached hydrogen (secondary N) is 1. The third-order valence-corrected chi connectivity index (χ3v) is 6.72. The standard InChI is InChI=1S/C21H17Cl2FN2O3S/c22-19-11-10-17(12-20(19)23)25-21(27)14-26(13-15-6-8-16(24)9-7-15)30(28,29)18-4-2-1-3-5-18/h1-12H,13-14H2,(H,25,27). The fourth-order valence-electron chi connectivity index (χ4n) is 2.70. The lowest BCUT2D eigenvalue weighted by Gasteiger charge is -2.22. The largest absolute Gasteiger partial charge is 0.325 e. The zero-order chi connectivity index (χ0) is 21.7. The molecule has 0 bridgehead atoms. The van der Waals surface area contributed by atoms with Crippen LogP contribution in [0.25, 0.3) is 0 Å². The molecule has 0 unspecified atom stereocenters. The lowest BCUT2D eigenvalue weighted by Crippen LogP contribution is -2.37. The Morgan fingerprint density at radius 2 is 1.60 bits per heavy atom. The first-order valence-electron chi connectivity index (χ1n) is 8.80. The molecule has 0 aromatic heterocycles. The molecule has 0 spiro atoms. The van der Waals surface area contributed by atoms with E-state index in [2.05, 4.69) is 5.32 Å². The fourth-order valence-corrected chi connectivity index (χ4v) is 4.40. The van der Waals surface area contributed by atoms with Crippen LogP contribution in [0.4, 0.5) is 10.1 Å². The van der Waals surface area contributed by atoms with Gasteiger partial charge in [0.1, 0.15) is 5.82 Å². The smallest absolute Gasteiger partial charge is 0.243 e. The summed E-state index contributed by atoms with van der Waals surface area (Å²) >= 11 is 11.8. The summed E-state index contributed by atoms with van der Waals surface area (Å²) < 4.78 is 40.5. The average Bonchev–Trinajstić information content (AvgIpc) is 2.72. The molecule has 1 N–H and O–H groups in total. The molecule has 3 aromatic carbocycles. The number of carbonyl (C=O) groups excluding carboxylic acids is 1. The van der Waals surface area contributed by atoms with Gasteiger partial charge in [0.05, 0.1) is 21.5 Å². The molecule has 3 aromatic rings. The van der Waals surface area contributed by atoms with Gasteiger partial charge in [-0.2, -0.15) is 4.31 Å². The number of sulfonamides is 1. The summed E-state index contributed by atoms with van der Waals surface area (Å²) in [6, 6.07) is 17.7. The third-order valence-electron chi connectivity index (χ3n) is 4.18. The SMILES string of the molecule is O=C(CN(Cc1ccc(F)cc1)S(=O)(=O)c1ccccc1)Nc1ccc(Cl)c(Cl)c1. The monoisotopic (exact) mass is 466 g/mol. The zero-order valence-corrected chi connectivity index (χ0v) is 17.9. The summed E-state index contributed by atoms with van der Waals surface area (Å²) in [6.07, 6.45) is 0. The molecule has 5 nitrogen and oxygen atoms in total. The van der Waals surface area contributed by atoms with Gasteiger partial charge in [0.15, 0.2) is 0 Å². The third kappa shape index (κ3) is 5.58. The number of rotatable bonds is 7. The molecule has 9 heteroatoms. The van der Waals surface area contributed by atoms with Crippen LogP contribution in [-0.4, -0.2) is 25.2 Å². The van der Waals surface area contributed by atoms with Gasteiger partial charge in [0, 0.05) is 12.2 Å². The minimum absolute atomic E-state index is 0.0504. The predicted octanol–water partition coefficient (Wildman–Crippen LogP) is 4.96. The molecule has 3 rings (SSSR count). The van der Waals surface area contributed by atoms with Gasteiger partial charge >= 0.3 is 0 Å². The van der Waals surface area contributed by atoms with Gasteiger partial charge in [-0.1, -0.05) is 53.5 Å². The number of anilines is 1. The maximum Gasteiger partial charge on any atom is 0.243 e. The van der Waals surface area contributed by atoms with Crippen LogP contribution in [0, 0.1) is 5.82 Å². The van der Waals surface area contributed by atoms with Gasteiger partial charge in [-0.25, -0.2) is 12.8 Å². The van der Waals surface area contributed by atoms with Crippen LogP contribution in [0.2, 0.25) is 10.0 Å². The van der Waals surface area contributed by atoms with Crippen molar-refractivity contribution in [2.24, 2.45) is 0 Å². The number of amides is 1. The molecule has 30 heavy (non-hydrogen) atoms. The molecule has 0 fully saturated rings. The van der Waals surface area contributed by atoms with Crippen molar-refractivity contribution in [1.82, 2.24) is 4.31 Å². The highest BCUT2D eigenvalue weighted by atomic mass is 35.5. The van der Waals surface area contributed by atoms with E-state index in [1.807, 2.05) is 0 Å². The van der Waals surface area contributed by atoms with Crippen molar-refractivity contribution in [3.8, 4) is 0 Å². The molecule has 0 aliphatic rings. The Morgan fingerprint density at radius 1 is 0.933 bits per heavy atom. The Labute approximate surface area is 184 Å². The van der Waals surface area contributed by atoms with Crippen molar-refractivity contribution in [2.75, 3.05) is 11.9 Å². The second-order valence-electron chi connectivity index (χ2n) is 6.39. The maximum atomic E-state index is 13.2. The Bertz CT molecular complexity index is 1140. The van der Waals surface area contributed by atoms with E-state index in [0.29, 0.717) is 16.3 Å². The molecule has 156 valence electrons. The van der Waals surface area contributed by atoms with Crippen LogP contribution in [0.15, 0.2) is 77.7 Å². The molecule has 0 saturated carbocycles. The highest BCUT2D eigenvalue weighted by molar-refractivity contribution is 7.89. The zero-order valence-electron chi connectivity index (χ0n) is 15.6. The molecule has 0 radical (unpaired) electrons. The number of halogens is 3. The number of hydrogen-bond acceptors (Lipinski definition) is 3. The van der Waals surface area contributed by atoms with Gasteiger partial charge in [-0.05, 0) is 48.0 Å². The quantitative estimate of drug-likeness (QED) is 0.534. The average molecular weight is 467 g/mol. The normalized spacial score (nSPS) is 11.5. The minimum atomic E-state index is -3.98. The first kappa shape index (κ1) is 22.2. The minimum Gasteiger partial charge on any atom is -0.325 e. The van der Waals surface area contributed by atoms with E-state index >= 15 is 0 Å². The number of hydrogen-bond donors (Lipinski definition) is 1. The predicted molar refractivity (Wildman–Crippen MR) is 116 cm³/mol. The van der Waals surface area contributed by atoms with Crippen molar-refractivity contribution in [1.29, 1.82) is 0 Å². The van der Waals surface area contributed by atoms with Crippen molar-refractivity contribution >= 4 is 44.8 Å². The van der Waals surface area contributed by atoms with Crippen LogP contribution in [-0.2, 0) is 21.4 Å². The Hall–Kier alpha value is -2.45. The summed E-state index contributed by atoms with van der Waals surface area (Å²) in [5, 5.41) is 3.20. The molecular formula is C21H17Cl2FN2O3S. The van der Waals surface area contributed by atoms with E-state index in [0.717, 1.165) is 4.31 Å². The Balaban J connectivity index is 1.85. The van der Waals surface area contributed by atoms with Gasteiger partial charge in [-0.15, -0.1) is 0 Å². The van der Waals surface area contributed by atoms with E-state index in [1.165, 1.54) is 48.5 Å². The Kier molecular flexibility index (Phi) is 7.10. The maximum absolute atomic E-state index is 13.2. The van der Waals surface area contributed by atoms with Crippen molar-refractivity contribution in [3.63, 3.8) is 0 Å². The topological polar surface area (TPSA) is 66.5 Å². The van der Waals surface area contributed by atoms with Gasteiger partial charge in [-0.3, -0.25) is 4.79 Å². The van der Waals surface area contributed by atoms with Gasteiger partial charge in [0.2, 0.25) is 15.9 Å². The van der Waals surface area contributed by atoms with Gasteiger partial charge < -0.3 is 5.32 Å². The summed E-state index contributed by atoms with van der Waals surface area (Å²) in [5.74, 6) is -0.997. The number of carbonyl (C=O) groups is 1. The molecule has 0 aliphatic carbocycles. The number of nitrogens with zero attached hydrogens (tertiary/aromatic N) is 1. The van der Waals surface area contributed by atoms with E-state index in [-0.39, 0.29) is 16.5 Å². The molecule has 0 atom stereocenters. The Morgan fingerprint density at radius 3 is 2.23 bits per heavy atom. The molecule has 0 heterocycles. The fraction of sp³-hybridized carbons (Fsp3) is 0.0952. The summed E-state index contributed by atoms with van der Waals surface area (Å²) in [4.78, 5) is 12.6. The lowest BCUT2D eigenvalue weighted by atomic mass is 10.2. The van der Waals surface area contributed by atoms with Crippen molar-refractivity contribution in [3.05, 3.63) is 94.2 Å². The second-order valence-corrected chi connectivity index (χ2v) is 9.14. The van der Waals surface area contributed by atoms with Crippen molar-refractivity contribution in [2.45, 2.75) is 11.4 Å². The molecule has 0 aliphatic heterocycles. The van der Waals surface area contributed by atoms with Crippen molar-refractivity contribution < 1.29 is 17.6 Å². The van der Waals surface area contributed by atoms with Crippen LogP contribution < -0.4 is 5.32 Å². The van der Waals surface area contributed by atoms with Crippen LogP contribution in [0.1, 0.15) is 5.56 Å².